The zero-order valence-corrected chi connectivity index (χ0v) is 11.2. The number of aromatic nitrogens is 4. The molecule has 0 unspecified atom stereocenters. The standard InChI is InChI=1S/C14H15N5O/c1-20-12-3-2-11-13(18-12)19(14(15)17-11)9-6-10-4-7-16-8-5-10/h2-5,7-8H,6,9H2,1H3,(H2,15,17). The van der Waals surface area contributed by atoms with Crippen LogP contribution in [0, 0.1) is 0 Å². The SMILES string of the molecule is COc1ccc2nc(N)n(CCc3ccncc3)c2n1. The second kappa shape index (κ2) is 5.16. The first-order chi connectivity index (χ1) is 9.78. The van der Waals surface area contributed by atoms with Gasteiger partial charge in [-0.3, -0.25) is 9.55 Å². The zero-order valence-electron chi connectivity index (χ0n) is 11.2. The number of fused-ring (bicyclic) bond motifs is 1. The molecule has 0 radical (unpaired) electrons. The van der Waals surface area contributed by atoms with Gasteiger partial charge in [-0.05, 0) is 30.2 Å². The topological polar surface area (TPSA) is 78.9 Å². The molecule has 20 heavy (non-hydrogen) atoms. The van der Waals surface area contributed by atoms with Crippen molar-refractivity contribution in [1.82, 2.24) is 19.5 Å². The van der Waals surface area contributed by atoms with Crippen molar-refractivity contribution in [2.45, 2.75) is 13.0 Å². The van der Waals surface area contributed by atoms with Gasteiger partial charge in [0.25, 0.3) is 0 Å². The maximum atomic E-state index is 5.97. The van der Waals surface area contributed by atoms with E-state index >= 15 is 0 Å². The highest BCUT2D eigenvalue weighted by Gasteiger charge is 2.10. The van der Waals surface area contributed by atoms with Crippen molar-refractivity contribution in [3.63, 3.8) is 0 Å². The Hall–Kier alpha value is -2.63. The molecular weight excluding hydrogens is 254 g/mol. The first-order valence-corrected chi connectivity index (χ1v) is 6.33. The van der Waals surface area contributed by atoms with Crippen LogP contribution in [0.3, 0.4) is 0 Å². The summed E-state index contributed by atoms with van der Waals surface area (Å²) in [5.74, 6) is 1.03. The monoisotopic (exact) mass is 269 g/mol. The van der Waals surface area contributed by atoms with Crippen molar-refractivity contribution in [2.75, 3.05) is 12.8 Å². The summed E-state index contributed by atoms with van der Waals surface area (Å²) in [4.78, 5) is 12.7. The molecule has 2 N–H and O–H groups in total. The molecule has 0 aliphatic rings. The largest absolute Gasteiger partial charge is 0.481 e. The highest BCUT2D eigenvalue weighted by Crippen LogP contribution is 2.19. The molecule has 0 spiro atoms. The predicted octanol–water partition coefficient (Wildman–Crippen LogP) is 1.66. The molecule has 0 saturated heterocycles. The summed E-state index contributed by atoms with van der Waals surface area (Å²) in [5.41, 5.74) is 8.69. The van der Waals surface area contributed by atoms with Gasteiger partial charge in [0.05, 0.1) is 7.11 Å². The van der Waals surface area contributed by atoms with Gasteiger partial charge in [-0.2, -0.15) is 4.98 Å². The summed E-state index contributed by atoms with van der Waals surface area (Å²) < 4.78 is 7.05. The Morgan fingerprint density at radius 2 is 1.95 bits per heavy atom. The van der Waals surface area contributed by atoms with Gasteiger partial charge in [0.15, 0.2) is 5.65 Å². The number of hydrogen-bond donors (Lipinski definition) is 1. The lowest BCUT2D eigenvalue weighted by Gasteiger charge is -2.06. The Labute approximate surface area is 116 Å². The first kappa shape index (κ1) is 12.4. The smallest absolute Gasteiger partial charge is 0.215 e. The molecule has 6 heteroatoms. The quantitative estimate of drug-likeness (QED) is 0.779. The van der Waals surface area contributed by atoms with Crippen LogP contribution in [0.25, 0.3) is 11.2 Å². The van der Waals surface area contributed by atoms with Crippen molar-refractivity contribution in [1.29, 1.82) is 0 Å². The van der Waals surface area contributed by atoms with E-state index in [2.05, 4.69) is 15.0 Å². The number of pyridine rings is 2. The van der Waals surface area contributed by atoms with Crippen molar-refractivity contribution >= 4 is 17.1 Å². The summed E-state index contributed by atoms with van der Waals surface area (Å²) in [7, 11) is 1.59. The Balaban J connectivity index is 1.92. The van der Waals surface area contributed by atoms with Crippen LogP contribution in [0.4, 0.5) is 5.95 Å². The van der Waals surface area contributed by atoms with E-state index in [1.54, 1.807) is 25.6 Å². The molecule has 0 atom stereocenters. The molecule has 0 aliphatic carbocycles. The van der Waals surface area contributed by atoms with E-state index in [9.17, 15) is 0 Å². The van der Waals surface area contributed by atoms with Crippen LogP contribution in [0.15, 0.2) is 36.7 Å². The number of nitrogens with two attached hydrogens (primary N) is 1. The summed E-state index contributed by atoms with van der Waals surface area (Å²) in [5, 5.41) is 0. The van der Waals surface area contributed by atoms with E-state index in [1.807, 2.05) is 22.8 Å². The lowest BCUT2D eigenvalue weighted by atomic mass is 10.2. The Bertz CT molecular complexity index is 723. The zero-order chi connectivity index (χ0) is 13.9. The number of methoxy groups -OCH3 is 1. The first-order valence-electron chi connectivity index (χ1n) is 6.33. The van der Waals surface area contributed by atoms with Gasteiger partial charge in [-0.1, -0.05) is 0 Å². The molecule has 3 aromatic heterocycles. The Kier molecular flexibility index (Phi) is 3.20. The maximum Gasteiger partial charge on any atom is 0.215 e. The van der Waals surface area contributed by atoms with Crippen molar-refractivity contribution in [3.05, 3.63) is 42.2 Å². The van der Waals surface area contributed by atoms with E-state index in [1.165, 1.54) is 5.56 Å². The molecular formula is C14H15N5O. The molecule has 0 aromatic carbocycles. The normalized spacial score (nSPS) is 10.8. The Morgan fingerprint density at radius 3 is 2.70 bits per heavy atom. The number of nitrogens with zero attached hydrogens (tertiary/aromatic N) is 4. The number of rotatable bonds is 4. The molecule has 0 aliphatic heterocycles. The number of nitrogen functional groups attached to an aromatic ring is 1. The molecule has 0 saturated carbocycles. The highest BCUT2D eigenvalue weighted by atomic mass is 16.5. The van der Waals surface area contributed by atoms with Gasteiger partial charge in [0, 0.05) is 25.0 Å². The van der Waals surface area contributed by atoms with E-state index < -0.39 is 0 Å². The maximum absolute atomic E-state index is 5.97. The third-order valence-corrected chi connectivity index (χ3v) is 3.18. The van der Waals surface area contributed by atoms with Gasteiger partial charge in [0.2, 0.25) is 11.8 Å². The van der Waals surface area contributed by atoms with E-state index in [-0.39, 0.29) is 0 Å². The summed E-state index contributed by atoms with van der Waals surface area (Å²) in [6.07, 6.45) is 4.41. The van der Waals surface area contributed by atoms with Crippen LogP contribution < -0.4 is 10.5 Å². The van der Waals surface area contributed by atoms with Crippen LogP contribution >= 0.6 is 0 Å². The minimum Gasteiger partial charge on any atom is -0.481 e. The van der Waals surface area contributed by atoms with Crippen molar-refractivity contribution in [2.24, 2.45) is 0 Å². The van der Waals surface area contributed by atoms with Gasteiger partial charge in [-0.15, -0.1) is 0 Å². The van der Waals surface area contributed by atoms with Crippen molar-refractivity contribution in [3.8, 4) is 5.88 Å². The number of ether oxygens (including phenoxy) is 1. The second-order valence-corrected chi connectivity index (χ2v) is 4.42. The fraction of sp³-hybridized carbons (Fsp3) is 0.214. The van der Waals surface area contributed by atoms with Gasteiger partial charge in [-0.25, -0.2) is 4.98 Å². The minimum atomic E-state index is 0.467. The van der Waals surface area contributed by atoms with Crippen LogP contribution in [-0.2, 0) is 13.0 Å². The van der Waals surface area contributed by atoms with Crippen LogP contribution in [-0.4, -0.2) is 26.6 Å². The lowest BCUT2D eigenvalue weighted by Crippen LogP contribution is -2.06. The molecule has 3 heterocycles. The summed E-state index contributed by atoms with van der Waals surface area (Å²) in [6, 6.07) is 7.62. The fourth-order valence-electron chi connectivity index (χ4n) is 2.13. The number of aryl methyl sites for hydroxylation is 2. The van der Waals surface area contributed by atoms with Crippen LogP contribution in [0.2, 0.25) is 0 Å². The lowest BCUT2D eigenvalue weighted by molar-refractivity contribution is 0.399. The van der Waals surface area contributed by atoms with Crippen LogP contribution in [0.5, 0.6) is 5.88 Å². The molecule has 0 amide bonds. The highest BCUT2D eigenvalue weighted by molar-refractivity contribution is 5.74. The molecule has 0 bridgehead atoms. The van der Waals surface area contributed by atoms with E-state index in [4.69, 9.17) is 10.5 Å². The van der Waals surface area contributed by atoms with E-state index in [0.29, 0.717) is 18.4 Å². The minimum absolute atomic E-state index is 0.467. The number of hydrogen-bond acceptors (Lipinski definition) is 5. The molecule has 3 rings (SSSR count). The predicted molar refractivity (Wildman–Crippen MR) is 76.4 cm³/mol. The molecule has 6 nitrogen and oxygen atoms in total. The van der Waals surface area contributed by atoms with Crippen molar-refractivity contribution < 1.29 is 4.74 Å². The summed E-state index contributed by atoms with van der Waals surface area (Å²) >= 11 is 0. The van der Waals surface area contributed by atoms with Gasteiger partial charge < -0.3 is 10.5 Å². The average Bonchev–Trinajstić information content (AvgIpc) is 2.80. The number of anilines is 1. The number of imidazole rings is 1. The fourth-order valence-corrected chi connectivity index (χ4v) is 2.13. The Morgan fingerprint density at radius 1 is 1.15 bits per heavy atom. The second-order valence-electron chi connectivity index (χ2n) is 4.42. The van der Waals surface area contributed by atoms with E-state index in [0.717, 1.165) is 17.6 Å². The van der Waals surface area contributed by atoms with Gasteiger partial charge >= 0.3 is 0 Å². The van der Waals surface area contributed by atoms with Crippen LogP contribution in [0.1, 0.15) is 5.56 Å². The summed E-state index contributed by atoms with van der Waals surface area (Å²) in [6.45, 7) is 0.715. The molecule has 0 fully saturated rings. The average molecular weight is 269 g/mol. The van der Waals surface area contributed by atoms with Gasteiger partial charge in [0.1, 0.15) is 5.52 Å². The third-order valence-electron chi connectivity index (χ3n) is 3.18. The molecule has 102 valence electrons. The third kappa shape index (κ3) is 2.27. The molecule has 3 aromatic rings.